The van der Waals surface area contributed by atoms with E-state index in [0.29, 0.717) is 4.90 Å². The topological polar surface area (TPSA) is 127 Å². The van der Waals surface area contributed by atoms with Crippen molar-refractivity contribution in [2.24, 2.45) is 5.73 Å². The lowest BCUT2D eigenvalue weighted by molar-refractivity contribution is -0.135. The van der Waals surface area contributed by atoms with Gasteiger partial charge in [-0.25, -0.2) is 17.6 Å². The summed E-state index contributed by atoms with van der Waals surface area (Å²) in [5.41, 5.74) is 5.36. The zero-order valence-corrected chi connectivity index (χ0v) is 19.1. The number of primary amides is 1. The van der Waals surface area contributed by atoms with Gasteiger partial charge in [0.1, 0.15) is 5.82 Å². The first-order valence-corrected chi connectivity index (χ1v) is 12.3. The predicted molar refractivity (Wildman–Crippen MR) is 118 cm³/mol. The number of nitrogens with two attached hydrogens (primary N) is 1. The van der Waals surface area contributed by atoms with Crippen LogP contribution < -0.4 is 5.73 Å². The summed E-state index contributed by atoms with van der Waals surface area (Å²) in [5, 5.41) is 0. The minimum atomic E-state index is -3.80. The van der Waals surface area contributed by atoms with Crippen molar-refractivity contribution in [3.63, 3.8) is 0 Å². The summed E-state index contributed by atoms with van der Waals surface area (Å²) in [6, 6.07) is 11.0. The molecule has 1 fully saturated rings. The van der Waals surface area contributed by atoms with E-state index in [0.717, 1.165) is 23.9 Å². The molecule has 2 amide bonds. The number of esters is 1. The Balaban J connectivity index is 1.53. The molecule has 1 saturated heterocycles. The molecule has 1 aliphatic rings. The van der Waals surface area contributed by atoms with Gasteiger partial charge in [0.15, 0.2) is 6.61 Å². The van der Waals surface area contributed by atoms with Crippen LogP contribution in [-0.2, 0) is 24.3 Å². The quantitative estimate of drug-likeness (QED) is 0.429. The molecule has 0 bridgehead atoms. The summed E-state index contributed by atoms with van der Waals surface area (Å²) in [4.78, 5) is 37.8. The van der Waals surface area contributed by atoms with E-state index in [2.05, 4.69) is 0 Å². The van der Waals surface area contributed by atoms with Crippen molar-refractivity contribution < 1.29 is 31.9 Å². The highest BCUT2D eigenvalue weighted by Crippen LogP contribution is 2.23. The number of sulfonamides is 1. The third kappa shape index (κ3) is 6.30. The largest absolute Gasteiger partial charge is 0.452 e. The molecule has 1 heterocycles. The molecule has 12 heteroatoms. The van der Waals surface area contributed by atoms with Crippen molar-refractivity contribution in [3.8, 4) is 0 Å². The fraction of sp³-hybridized carbons (Fsp3) is 0.286. The average Bonchev–Trinajstić information content (AvgIpc) is 2.81. The van der Waals surface area contributed by atoms with Gasteiger partial charge in [-0.05, 0) is 36.4 Å². The lowest BCUT2D eigenvalue weighted by Crippen LogP contribution is -2.51. The first-order valence-electron chi connectivity index (χ1n) is 9.89. The third-order valence-electron chi connectivity index (χ3n) is 4.85. The number of amides is 2. The van der Waals surface area contributed by atoms with E-state index in [4.69, 9.17) is 10.5 Å². The standard InChI is InChI=1S/C21H22FN3O6S2/c22-15-5-7-16(8-6-15)33(29,30)25-11-9-24(10-12-25)20(27)13-31-21(28)17-3-1-2-4-18(17)32-14-19(23)26/h1-8H,9-14H2,(H2,23,26). The van der Waals surface area contributed by atoms with Crippen molar-refractivity contribution >= 4 is 39.6 Å². The molecule has 9 nitrogen and oxygen atoms in total. The minimum absolute atomic E-state index is 0.00562. The van der Waals surface area contributed by atoms with E-state index in [1.54, 1.807) is 18.2 Å². The number of halogens is 1. The second-order valence-corrected chi connectivity index (χ2v) is 10.0. The molecule has 33 heavy (non-hydrogen) atoms. The van der Waals surface area contributed by atoms with Gasteiger partial charge >= 0.3 is 5.97 Å². The van der Waals surface area contributed by atoms with Crippen LogP contribution in [0.4, 0.5) is 4.39 Å². The van der Waals surface area contributed by atoms with Gasteiger partial charge < -0.3 is 15.4 Å². The highest BCUT2D eigenvalue weighted by atomic mass is 32.2. The van der Waals surface area contributed by atoms with Crippen LogP contribution in [0.3, 0.4) is 0 Å². The number of carbonyl (C=O) groups is 3. The fourth-order valence-electron chi connectivity index (χ4n) is 3.14. The highest BCUT2D eigenvalue weighted by molar-refractivity contribution is 8.00. The molecule has 2 N–H and O–H groups in total. The average molecular weight is 496 g/mol. The number of ether oxygens (including phenoxy) is 1. The molecule has 176 valence electrons. The lowest BCUT2D eigenvalue weighted by Gasteiger charge is -2.33. The molecule has 0 unspecified atom stereocenters. The van der Waals surface area contributed by atoms with Gasteiger partial charge in [-0.1, -0.05) is 12.1 Å². The predicted octanol–water partition coefficient (Wildman–Crippen LogP) is 1.09. The van der Waals surface area contributed by atoms with E-state index >= 15 is 0 Å². The third-order valence-corrected chi connectivity index (χ3v) is 7.86. The molecule has 2 aromatic carbocycles. The summed E-state index contributed by atoms with van der Waals surface area (Å²) in [7, 11) is -3.80. The van der Waals surface area contributed by atoms with Crippen LogP contribution in [0, 0.1) is 5.82 Å². The first kappa shape index (κ1) is 24.7. The second-order valence-electron chi connectivity index (χ2n) is 7.07. The summed E-state index contributed by atoms with van der Waals surface area (Å²) in [6.45, 7) is -0.125. The van der Waals surface area contributed by atoms with E-state index in [-0.39, 0.29) is 42.4 Å². The molecular weight excluding hydrogens is 473 g/mol. The molecule has 2 aromatic rings. The SMILES string of the molecule is NC(=O)CSc1ccccc1C(=O)OCC(=O)N1CCN(S(=O)(=O)c2ccc(F)cc2)CC1. The molecule has 0 spiro atoms. The van der Waals surface area contributed by atoms with Crippen LogP contribution >= 0.6 is 11.8 Å². The monoisotopic (exact) mass is 495 g/mol. The number of rotatable bonds is 8. The number of nitrogens with zero attached hydrogens (tertiary/aromatic N) is 2. The molecule has 0 atom stereocenters. The number of hydrogen-bond donors (Lipinski definition) is 1. The van der Waals surface area contributed by atoms with Gasteiger partial charge in [0, 0.05) is 31.1 Å². The summed E-state index contributed by atoms with van der Waals surface area (Å²) >= 11 is 1.09. The normalized spacial score (nSPS) is 14.6. The van der Waals surface area contributed by atoms with Crippen LogP contribution in [0.5, 0.6) is 0 Å². The maximum absolute atomic E-state index is 13.1. The molecule has 0 radical (unpaired) electrons. The van der Waals surface area contributed by atoms with Gasteiger partial charge in [-0.3, -0.25) is 9.59 Å². The highest BCUT2D eigenvalue weighted by Gasteiger charge is 2.30. The van der Waals surface area contributed by atoms with E-state index < -0.39 is 40.2 Å². The zero-order chi connectivity index (χ0) is 24.0. The van der Waals surface area contributed by atoms with Crippen LogP contribution in [0.15, 0.2) is 58.3 Å². The van der Waals surface area contributed by atoms with E-state index in [9.17, 15) is 27.2 Å². The fourth-order valence-corrected chi connectivity index (χ4v) is 5.34. The van der Waals surface area contributed by atoms with Crippen LogP contribution in [0.2, 0.25) is 0 Å². The zero-order valence-electron chi connectivity index (χ0n) is 17.5. The number of carbonyl (C=O) groups excluding carboxylic acids is 3. The van der Waals surface area contributed by atoms with Crippen LogP contribution in [-0.4, -0.2) is 73.9 Å². The van der Waals surface area contributed by atoms with Gasteiger partial charge in [0.25, 0.3) is 5.91 Å². The molecule has 0 aliphatic carbocycles. The summed E-state index contributed by atoms with van der Waals surface area (Å²) < 4.78 is 44.8. The Hall–Kier alpha value is -2.96. The molecular formula is C21H22FN3O6S2. The number of piperazine rings is 1. The van der Waals surface area contributed by atoms with Crippen molar-refractivity contribution in [1.29, 1.82) is 0 Å². The summed E-state index contributed by atoms with van der Waals surface area (Å²) in [6.07, 6.45) is 0. The number of hydrogen-bond acceptors (Lipinski definition) is 7. The lowest BCUT2D eigenvalue weighted by atomic mass is 10.2. The van der Waals surface area contributed by atoms with Crippen LogP contribution in [0.1, 0.15) is 10.4 Å². The van der Waals surface area contributed by atoms with Gasteiger partial charge in [0.05, 0.1) is 16.2 Å². The molecule has 0 aromatic heterocycles. The van der Waals surface area contributed by atoms with E-state index in [1.165, 1.54) is 27.4 Å². The Morgan fingerprint density at radius 2 is 1.64 bits per heavy atom. The Morgan fingerprint density at radius 1 is 1.00 bits per heavy atom. The molecule has 0 saturated carbocycles. The van der Waals surface area contributed by atoms with Crippen LogP contribution in [0.25, 0.3) is 0 Å². The smallest absolute Gasteiger partial charge is 0.339 e. The Labute approximate surface area is 194 Å². The molecule has 1 aliphatic heterocycles. The van der Waals surface area contributed by atoms with Gasteiger partial charge in [-0.2, -0.15) is 4.31 Å². The minimum Gasteiger partial charge on any atom is -0.452 e. The van der Waals surface area contributed by atoms with Crippen molar-refractivity contribution in [2.75, 3.05) is 38.5 Å². The van der Waals surface area contributed by atoms with Gasteiger partial charge in [0.2, 0.25) is 15.9 Å². The maximum Gasteiger partial charge on any atom is 0.339 e. The van der Waals surface area contributed by atoms with Crippen molar-refractivity contribution in [3.05, 3.63) is 59.9 Å². The number of benzene rings is 2. The Kier molecular flexibility index (Phi) is 8.06. The van der Waals surface area contributed by atoms with E-state index in [1.807, 2.05) is 0 Å². The molecule has 3 rings (SSSR count). The van der Waals surface area contributed by atoms with Crippen molar-refractivity contribution in [2.45, 2.75) is 9.79 Å². The second kappa shape index (κ2) is 10.8. The summed E-state index contributed by atoms with van der Waals surface area (Å²) in [5.74, 6) is -2.24. The maximum atomic E-state index is 13.1. The number of thioether (sulfide) groups is 1. The Morgan fingerprint density at radius 3 is 2.27 bits per heavy atom. The Bertz CT molecular complexity index is 1130. The van der Waals surface area contributed by atoms with Gasteiger partial charge in [-0.15, -0.1) is 11.8 Å². The first-order chi connectivity index (χ1) is 15.7. The van der Waals surface area contributed by atoms with Crippen molar-refractivity contribution in [1.82, 2.24) is 9.21 Å².